The van der Waals surface area contributed by atoms with Crippen LogP contribution in [0.1, 0.15) is 215 Å². The lowest BCUT2D eigenvalue weighted by Gasteiger charge is -2.42. The van der Waals surface area contributed by atoms with Gasteiger partial charge in [0.1, 0.15) is 12.2 Å². The predicted molar refractivity (Wildman–Crippen MR) is 232 cm³/mol. The Balaban J connectivity index is 2.55. The summed E-state index contributed by atoms with van der Waals surface area (Å²) in [6.07, 6.45) is 30.2. The van der Waals surface area contributed by atoms with Crippen LogP contribution in [0.15, 0.2) is 18.7 Å². The third-order valence-electron chi connectivity index (χ3n) is 11.4. The molecule has 0 radical (unpaired) electrons. The molecule has 0 aliphatic carbocycles. The Kier molecular flexibility index (Phi) is 30.6. The number of aromatic nitrogens is 2. The Labute approximate surface area is 344 Å². The van der Waals surface area contributed by atoms with E-state index in [4.69, 9.17) is 9.47 Å². The van der Waals surface area contributed by atoms with Gasteiger partial charge >= 0.3 is 11.9 Å². The van der Waals surface area contributed by atoms with Crippen LogP contribution in [0.5, 0.6) is 0 Å². The number of aliphatic hydroxyl groups excluding tert-OH is 2. The first-order chi connectivity index (χ1) is 26.9. The SMILES string of the molecule is CCCCCCCCC(CC)OC(=O)CCCCCC(O)CN(CC(O)CCCCCC(=O)OC(CC)CCCCCCCC)C(Cn1ccnc1)C(C)(C)C. The van der Waals surface area contributed by atoms with Crippen molar-refractivity contribution < 1.29 is 29.3 Å². The van der Waals surface area contributed by atoms with E-state index in [0.717, 1.165) is 77.0 Å². The number of hydrogen-bond donors (Lipinski definition) is 2. The van der Waals surface area contributed by atoms with Gasteiger partial charge in [-0.15, -0.1) is 0 Å². The Morgan fingerprint density at radius 1 is 0.625 bits per heavy atom. The van der Waals surface area contributed by atoms with Gasteiger partial charge in [-0.1, -0.05) is 138 Å². The fraction of sp³-hybridized carbons (Fsp3) is 0.894. The average Bonchev–Trinajstić information content (AvgIpc) is 3.68. The Hall–Kier alpha value is -1.97. The van der Waals surface area contributed by atoms with Crippen molar-refractivity contribution in [3.63, 3.8) is 0 Å². The van der Waals surface area contributed by atoms with Crippen LogP contribution in [-0.2, 0) is 25.6 Å². The average molecular weight is 792 g/mol. The Bertz CT molecular complexity index is 1000. The lowest BCUT2D eigenvalue weighted by atomic mass is 9.84. The van der Waals surface area contributed by atoms with E-state index >= 15 is 0 Å². The van der Waals surface area contributed by atoms with Crippen molar-refractivity contribution in [2.24, 2.45) is 5.41 Å². The third-order valence-corrected chi connectivity index (χ3v) is 11.4. The summed E-state index contributed by atoms with van der Waals surface area (Å²) in [5.41, 5.74) is -0.110. The topological polar surface area (TPSA) is 114 Å². The molecule has 0 aliphatic rings. The first kappa shape index (κ1) is 52.0. The van der Waals surface area contributed by atoms with Crippen LogP contribution in [0.4, 0.5) is 0 Å². The van der Waals surface area contributed by atoms with E-state index in [1.54, 1.807) is 6.20 Å². The molecule has 5 unspecified atom stereocenters. The summed E-state index contributed by atoms with van der Waals surface area (Å²) >= 11 is 0. The predicted octanol–water partition coefficient (Wildman–Crippen LogP) is 11.4. The highest BCUT2D eigenvalue weighted by Crippen LogP contribution is 2.28. The molecule has 0 bridgehead atoms. The monoisotopic (exact) mass is 792 g/mol. The number of aliphatic hydroxyl groups is 2. The molecule has 0 saturated heterocycles. The summed E-state index contributed by atoms with van der Waals surface area (Å²) in [4.78, 5) is 31.6. The summed E-state index contributed by atoms with van der Waals surface area (Å²) in [7, 11) is 0. The largest absolute Gasteiger partial charge is 0.462 e. The number of esters is 2. The molecule has 9 heteroatoms. The van der Waals surface area contributed by atoms with Crippen LogP contribution < -0.4 is 0 Å². The fourth-order valence-corrected chi connectivity index (χ4v) is 7.72. The number of nitrogens with zero attached hydrogens (tertiary/aromatic N) is 3. The molecule has 1 aromatic rings. The van der Waals surface area contributed by atoms with E-state index in [9.17, 15) is 19.8 Å². The molecule has 0 aliphatic heterocycles. The van der Waals surface area contributed by atoms with Crippen LogP contribution in [0.3, 0.4) is 0 Å². The summed E-state index contributed by atoms with van der Waals surface area (Å²) < 4.78 is 13.7. The number of carbonyl (C=O) groups is 2. The lowest BCUT2D eigenvalue weighted by Crippen LogP contribution is -2.51. The fourth-order valence-electron chi connectivity index (χ4n) is 7.72. The molecule has 9 nitrogen and oxygen atoms in total. The van der Waals surface area contributed by atoms with E-state index in [-0.39, 0.29) is 35.6 Å². The van der Waals surface area contributed by atoms with E-state index in [0.29, 0.717) is 45.3 Å². The van der Waals surface area contributed by atoms with E-state index in [1.165, 1.54) is 64.2 Å². The van der Waals surface area contributed by atoms with E-state index < -0.39 is 12.2 Å². The first-order valence-corrected chi connectivity index (χ1v) is 23.4. The van der Waals surface area contributed by atoms with Crippen LogP contribution in [-0.4, -0.2) is 80.1 Å². The standard InChI is InChI=1S/C47H89N3O6/c1-8-12-14-16-18-24-30-42(10-3)55-45(53)32-26-20-22-28-40(51)36-50(44(47(5,6)7)38-49-35-34-48-39-49)37-41(52)29-23-21-27-33-46(54)56-43(11-4)31-25-19-17-15-13-9-2/h34-35,39-44,51-52H,8-33,36-38H2,1-7H3. The van der Waals surface area contributed by atoms with Gasteiger partial charge in [-0.2, -0.15) is 0 Å². The van der Waals surface area contributed by atoms with Crippen molar-refractivity contribution in [2.75, 3.05) is 13.1 Å². The summed E-state index contributed by atoms with van der Waals surface area (Å²) in [5.74, 6) is -0.195. The van der Waals surface area contributed by atoms with Crippen molar-refractivity contribution in [2.45, 2.75) is 252 Å². The van der Waals surface area contributed by atoms with Crippen molar-refractivity contribution in [1.29, 1.82) is 0 Å². The summed E-state index contributed by atoms with van der Waals surface area (Å²) in [6, 6.07) is 0.0660. The molecule has 0 amide bonds. The van der Waals surface area contributed by atoms with Gasteiger partial charge in [0.15, 0.2) is 0 Å². The van der Waals surface area contributed by atoms with Gasteiger partial charge in [-0.3, -0.25) is 14.5 Å². The molecule has 328 valence electrons. The summed E-state index contributed by atoms with van der Waals surface area (Å²) in [6.45, 7) is 16.9. The number of carbonyl (C=O) groups excluding carboxylic acids is 2. The molecule has 1 heterocycles. The maximum absolute atomic E-state index is 12.6. The van der Waals surface area contributed by atoms with Crippen molar-refractivity contribution in [3.8, 4) is 0 Å². The minimum absolute atomic E-state index is 0.0248. The smallest absolute Gasteiger partial charge is 0.306 e. The minimum Gasteiger partial charge on any atom is -0.462 e. The first-order valence-electron chi connectivity index (χ1n) is 23.4. The highest BCUT2D eigenvalue weighted by molar-refractivity contribution is 5.69. The van der Waals surface area contributed by atoms with Gasteiger partial charge in [0, 0.05) is 50.9 Å². The highest BCUT2D eigenvalue weighted by atomic mass is 16.5. The number of ether oxygens (including phenoxy) is 2. The zero-order valence-corrected chi connectivity index (χ0v) is 37.5. The molecule has 0 fully saturated rings. The molecule has 1 aromatic heterocycles. The zero-order valence-electron chi connectivity index (χ0n) is 37.5. The van der Waals surface area contributed by atoms with Crippen LogP contribution in [0.2, 0.25) is 0 Å². The van der Waals surface area contributed by atoms with Crippen molar-refractivity contribution >= 4 is 11.9 Å². The van der Waals surface area contributed by atoms with Gasteiger partial charge in [0.2, 0.25) is 0 Å². The molecule has 0 saturated carbocycles. The maximum atomic E-state index is 12.6. The number of hydrogen-bond acceptors (Lipinski definition) is 8. The van der Waals surface area contributed by atoms with Crippen LogP contribution in [0, 0.1) is 5.41 Å². The van der Waals surface area contributed by atoms with Crippen molar-refractivity contribution in [1.82, 2.24) is 14.5 Å². The zero-order chi connectivity index (χ0) is 41.4. The van der Waals surface area contributed by atoms with Gasteiger partial charge in [0.25, 0.3) is 0 Å². The number of rotatable bonds is 37. The second-order valence-corrected chi connectivity index (χ2v) is 17.8. The molecule has 5 atom stereocenters. The Morgan fingerprint density at radius 3 is 1.43 bits per heavy atom. The van der Waals surface area contributed by atoms with Gasteiger partial charge in [-0.25, -0.2) is 4.98 Å². The second-order valence-electron chi connectivity index (χ2n) is 17.8. The highest BCUT2D eigenvalue weighted by Gasteiger charge is 2.33. The van der Waals surface area contributed by atoms with Gasteiger partial charge in [0.05, 0.1) is 18.5 Å². The molecule has 0 spiro atoms. The van der Waals surface area contributed by atoms with Crippen LogP contribution in [0.25, 0.3) is 0 Å². The summed E-state index contributed by atoms with van der Waals surface area (Å²) in [5, 5.41) is 22.5. The van der Waals surface area contributed by atoms with Crippen LogP contribution >= 0.6 is 0 Å². The maximum Gasteiger partial charge on any atom is 0.306 e. The quantitative estimate of drug-likeness (QED) is 0.0506. The third kappa shape index (κ3) is 26.9. The lowest BCUT2D eigenvalue weighted by molar-refractivity contribution is -0.150. The van der Waals surface area contributed by atoms with Gasteiger partial charge < -0.3 is 24.3 Å². The minimum atomic E-state index is -0.539. The normalized spacial score (nSPS) is 14.8. The molecular weight excluding hydrogens is 703 g/mol. The number of imidazole rings is 1. The van der Waals surface area contributed by atoms with E-state index in [1.807, 2.05) is 12.5 Å². The molecule has 1 rings (SSSR count). The number of unbranched alkanes of at least 4 members (excludes halogenated alkanes) is 14. The second kappa shape index (κ2) is 32.9. The molecule has 2 N–H and O–H groups in total. The van der Waals surface area contributed by atoms with Crippen molar-refractivity contribution in [3.05, 3.63) is 18.7 Å². The molecule has 56 heavy (non-hydrogen) atoms. The van der Waals surface area contributed by atoms with E-state index in [2.05, 4.69) is 62.9 Å². The Morgan fingerprint density at radius 2 is 1.04 bits per heavy atom. The molecule has 0 aromatic carbocycles. The molecular formula is C47H89N3O6. The van der Waals surface area contributed by atoms with Gasteiger partial charge in [-0.05, 0) is 69.6 Å².